The number of nitrogens with zero attached hydrogens (tertiary/aromatic N) is 2. The maximum Gasteiger partial charge on any atom is 0.277 e. The number of aromatic nitrogens is 2. The van der Waals surface area contributed by atoms with Crippen molar-refractivity contribution in [3.63, 3.8) is 0 Å². The van der Waals surface area contributed by atoms with E-state index in [1.807, 2.05) is 0 Å². The average molecular weight is 398 g/mol. The van der Waals surface area contributed by atoms with E-state index in [0.717, 1.165) is 23.4 Å². The number of carbonyl (C=O) groups is 1. The summed E-state index contributed by atoms with van der Waals surface area (Å²) in [7, 11) is 0. The molecule has 0 aliphatic heterocycles. The van der Waals surface area contributed by atoms with Gasteiger partial charge in [-0.05, 0) is 42.5 Å². The topological polar surface area (TPSA) is 68.0 Å². The van der Waals surface area contributed by atoms with E-state index in [0.29, 0.717) is 16.6 Å². The largest absolute Gasteiger partial charge is 0.411 e. The molecule has 0 atom stereocenters. The molecule has 0 saturated heterocycles. The monoisotopic (exact) mass is 397 g/mol. The van der Waals surface area contributed by atoms with E-state index in [-0.39, 0.29) is 21.9 Å². The summed E-state index contributed by atoms with van der Waals surface area (Å²) in [5.41, 5.74) is 1.06. The van der Waals surface area contributed by atoms with Crippen molar-refractivity contribution >= 4 is 46.6 Å². The van der Waals surface area contributed by atoms with Crippen LogP contribution in [-0.2, 0) is 4.79 Å². The summed E-state index contributed by atoms with van der Waals surface area (Å²) in [6.07, 6.45) is 0. The Morgan fingerprint density at radius 2 is 1.92 bits per heavy atom. The molecule has 3 rings (SSSR count). The lowest BCUT2D eigenvalue weighted by atomic mass is 10.2. The van der Waals surface area contributed by atoms with Gasteiger partial charge < -0.3 is 9.73 Å². The molecule has 0 saturated carbocycles. The second-order valence-electron chi connectivity index (χ2n) is 4.84. The fourth-order valence-electron chi connectivity index (χ4n) is 1.88. The molecule has 0 aliphatic rings. The van der Waals surface area contributed by atoms with Gasteiger partial charge in [-0.3, -0.25) is 4.79 Å². The van der Waals surface area contributed by atoms with E-state index in [4.69, 9.17) is 27.6 Å². The summed E-state index contributed by atoms with van der Waals surface area (Å²) < 4.78 is 18.5. The van der Waals surface area contributed by atoms with Gasteiger partial charge in [0, 0.05) is 10.6 Å². The zero-order valence-electron chi connectivity index (χ0n) is 12.5. The molecular weight excluding hydrogens is 388 g/mol. The first-order valence-corrected chi connectivity index (χ1v) is 8.72. The van der Waals surface area contributed by atoms with Crippen LogP contribution in [0.2, 0.25) is 10.0 Å². The molecule has 9 heteroatoms. The van der Waals surface area contributed by atoms with Crippen LogP contribution < -0.4 is 5.32 Å². The molecule has 0 bridgehead atoms. The molecule has 0 spiro atoms. The van der Waals surface area contributed by atoms with Crippen molar-refractivity contribution in [2.24, 2.45) is 0 Å². The highest BCUT2D eigenvalue weighted by Gasteiger charge is 2.12. The average Bonchev–Trinajstić information content (AvgIpc) is 3.05. The van der Waals surface area contributed by atoms with Crippen molar-refractivity contribution in [2.45, 2.75) is 5.22 Å². The zero-order valence-corrected chi connectivity index (χ0v) is 14.8. The first-order valence-electron chi connectivity index (χ1n) is 6.98. The second kappa shape index (κ2) is 7.86. The number of carbonyl (C=O) groups excluding carboxylic acids is 1. The van der Waals surface area contributed by atoms with Gasteiger partial charge in [-0.25, -0.2) is 4.39 Å². The summed E-state index contributed by atoms with van der Waals surface area (Å²) in [6.45, 7) is 0. The van der Waals surface area contributed by atoms with Crippen molar-refractivity contribution < 1.29 is 13.6 Å². The Morgan fingerprint density at radius 1 is 1.16 bits per heavy atom. The lowest BCUT2D eigenvalue weighted by Crippen LogP contribution is -2.14. The van der Waals surface area contributed by atoms with E-state index >= 15 is 0 Å². The van der Waals surface area contributed by atoms with Gasteiger partial charge in [-0.2, -0.15) is 0 Å². The van der Waals surface area contributed by atoms with E-state index < -0.39 is 5.82 Å². The number of hydrogen-bond acceptors (Lipinski definition) is 5. The quantitative estimate of drug-likeness (QED) is 0.619. The number of rotatable bonds is 5. The third-order valence-corrected chi connectivity index (χ3v) is 4.41. The van der Waals surface area contributed by atoms with Crippen LogP contribution in [0, 0.1) is 5.82 Å². The molecular formula is C16H10Cl2FN3O2S. The fourth-order valence-corrected chi connectivity index (χ4v) is 2.79. The Labute approximate surface area is 156 Å². The lowest BCUT2D eigenvalue weighted by Gasteiger charge is -2.06. The molecule has 0 fully saturated rings. The summed E-state index contributed by atoms with van der Waals surface area (Å²) >= 11 is 12.8. The molecule has 0 aliphatic carbocycles. The highest BCUT2D eigenvalue weighted by molar-refractivity contribution is 7.99. The van der Waals surface area contributed by atoms with Crippen molar-refractivity contribution in [1.29, 1.82) is 0 Å². The van der Waals surface area contributed by atoms with E-state index in [1.54, 1.807) is 24.3 Å². The van der Waals surface area contributed by atoms with E-state index in [2.05, 4.69) is 15.5 Å². The van der Waals surface area contributed by atoms with Crippen LogP contribution in [0.3, 0.4) is 0 Å². The Balaban J connectivity index is 1.58. The number of hydrogen-bond donors (Lipinski definition) is 1. The van der Waals surface area contributed by atoms with Crippen LogP contribution in [0.5, 0.6) is 0 Å². The van der Waals surface area contributed by atoms with Crippen molar-refractivity contribution in [3.05, 3.63) is 58.3 Å². The lowest BCUT2D eigenvalue weighted by molar-refractivity contribution is -0.113. The third kappa shape index (κ3) is 4.72. The molecule has 3 aromatic rings. The molecule has 0 unspecified atom stereocenters. The molecule has 1 amide bonds. The standard InChI is InChI=1S/C16H10Cl2FN3O2S/c17-10-3-1-9(2-4-10)15-21-22-16(24-15)25-8-14(23)20-13-6-5-11(19)7-12(13)18/h1-7H,8H2,(H,20,23). The molecule has 1 aromatic heterocycles. The normalized spacial score (nSPS) is 10.7. The zero-order chi connectivity index (χ0) is 17.8. The minimum absolute atomic E-state index is 0.0377. The summed E-state index contributed by atoms with van der Waals surface area (Å²) in [4.78, 5) is 11.9. The van der Waals surface area contributed by atoms with E-state index in [9.17, 15) is 9.18 Å². The SMILES string of the molecule is O=C(CSc1nnc(-c2ccc(Cl)cc2)o1)Nc1ccc(F)cc1Cl. The van der Waals surface area contributed by atoms with Crippen LogP contribution in [0.4, 0.5) is 10.1 Å². The Bertz CT molecular complexity index is 903. The van der Waals surface area contributed by atoms with Crippen molar-refractivity contribution in [1.82, 2.24) is 10.2 Å². The molecule has 0 radical (unpaired) electrons. The predicted molar refractivity (Wildman–Crippen MR) is 95.5 cm³/mol. The Kier molecular flexibility index (Phi) is 5.57. The minimum atomic E-state index is -0.474. The molecule has 25 heavy (non-hydrogen) atoms. The first-order chi connectivity index (χ1) is 12.0. The maximum absolute atomic E-state index is 13.0. The Hall–Kier alpha value is -2.09. The van der Waals surface area contributed by atoms with Gasteiger partial charge in [0.05, 0.1) is 16.5 Å². The second-order valence-corrected chi connectivity index (χ2v) is 6.61. The smallest absolute Gasteiger partial charge is 0.277 e. The van der Waals surface area contributed by atoms with Crippen LogP contribution in [-0.4, -0.2) is 21.9 Å². The number of amides is 1. The summed E-state index contributed by atoms with van der Waals surface area (Å²) in [5, 5.41) is 11.4. The van der Waals surface area contributed by atoms with Gasteiger partial charge in [0.15, 0.2) is 0 Å². The molecule has 128 valence electrons. The highest BCUT2D eigenvalue weighted by Crippen LogP contribution is 2.25. The van der Waals surface area contributed by atoms with Crippen LogP contribution in [0.1, 0.15) is 0 Å². The Morgan fingerprint density at radius 3 is 2.64 bits per heavy atom. The van der Waals surface area contributed by atoms with Gasteiger partial charge in [0.1, 0.15) is 5.82 Å². The number of halogens is 3. The number of nitrogens with one attached hydrogen (secondary N) is 1. The van der Waals surface area contributed by atoms with Crippen molar-refractivity contribution in [2.75, 3.05) is 11.1 Å². The maximum atomic E-state index is 13.0. The minimum Gasteiger partial charge on any atom is -0.411 e. The fraction of sp³-hybridized carbons (Fsp3) is 0.0625. The van der Waals surface area contributed by atoms with Gasteiger partial charge in [0.2, 0.25) is 11.8 Å². The predicted octanol–water partition coefficient (Wildman–Crippen LogP) is 4.91. The van der Waals surface area contributed by atoms with Gasteiger partial charge in [-0.1, -0.05) is 35.0 Å². The number of benzene rings is 2. The third-order valence-electron chi connectivity index (χ3n) is 3.03. The van der Waals surface area contributed by atoms with Crippen LogP contribution >= 0.6 is 35.0 Å². The van der Waals surface area contributed by atoms with Crippen LogP contribution in [0.15, 0.2) is 52.1 Å². The molecule has 2 aromatic carbocycles. The highest BCUT2D eigenvalue weighted by atomic mass is 35.5. The summed E-state index contributed by atoms with van der Waals surface area (Å²) in [5.74, 6) is -0.431. The van der Waals surface area contributed by atoms with Gasteiger partial charge in [-0.15, -0.1) is 10.2 Å². The molecule has 1 heterocycles. The first kappa shape index (κ1) is 17.7. The molecule has 1 N–H and O–H groups in total. The number of thioether (sulfide) groups is 1. The summed E-state index contributed by atoms with van der Waals surface area (Å²) in [6, 6.07) is 10.7. The van der Waals surface area contributed by atoms with E-state index in [1.165, 1.54) is 12.1 Å². The van der Waals surface area contributed by atoms with Gasteiger partial charge in [0.25, 0.3) is 5.22 Å². The van der Waals surface area contributed by atoms with Crippen LogP contribution in [0.25, 0.3) is 11.5 Å². The van der Waals surface area contributed by atoms with Crippen molar-refractivity contribution in [3.8, 4) is 11.5 Å². The molecule has 5 nitrogen and oxygen atoms in total. The van der Waals surface area contributed by atoms with Gasteiger partial charge >= 0.3 is 0 Å². The number of anilines is 1.